The summed E-state index contributed by atoms with van der Waals surface area (Å²) in [5, 5.41) is 2.54. The number of ketones is 1. The molecule has 0 spiro atoms. The van der Waals surface area contributed by atoms with Crippen molar-refractivity contribution < 1.29 is 23.9 Å². The molecule has 1 atom stereocenters. The number of esters is 1. The monoisotopic (exact) mass is 314 g/mol. The van der Waals surface area contributed by atoms with E-state index >= 15 is 0 Å². The van der Waals surface area contributed by atoms with Gasteiger partial charge in [0.2, 0.25) is 0 Å². The third-order valence-electron chi connectivity index (χ3n) is 2.74. The number of Topliss-reactive ketones (excluding diaryl/α,β-unsaturated/α-hetero) is 1. The van der Waals surface area contributed by atoms with Gasteiger partial charge in [-0.1, -0.05) is 13.8 Å². The quantitative estimate of drug-likeness (QED) is 0.590. The Morgan fingerprint density at radius 3 is 1.77 bits per heavy atom. The van der Waals surface area contributed by atoms with Crippen LogP contribution in [0.4, 0.5) is 0 Å². The van der Waals surface area contributed by atoms with Crippen molar-refractivity contribution >= 4 is 23.6 Å². The molecule has 22 heavy (non-hydrogen) atoms. The second-order valence-corrected chi connectivity index (χ2v) is 6.72. The maximum atomic E-state index is 12.6. The summed E-state index contributed by atoms with van der Waals surface area (Å²) >= 11 is 0. The number of nitrogens with one attached hydrogen (secondary N) is 1. The number of carbonyl (C=O) groups excluding carboxylic acids is 4. The SMILES string of the molecule is CC(=O)C(OC(=O)C(C)C)(C(=O)NC(C)(C)C)C(=O)N(C)C. The number of amides is 2. The molecule has 0 saturated heterocycles. The van der Waals surface area contributed by atoms with Crippen LogP contribution in [0.1, 0.15) is 41.5 Å². The van der Waals surface area contributed by atoms with Crippen LogP contribution in [0.2, 0.25) is 0 Å². The number of carbonyl (C=O) groups is 4. The maximum absolute atomic E-state index is 12.6. The average Bonchev–Trinajstić information content (AvgIpc) is 2.31. The Balaban J connectivity index is 6.00. The van der Waals surface area contributed by atoms with E-state index in [-0.39, 0.29) is 0 Å². The molecule has 0 rings (SSSR count). The van der Waals surface area contributed by atoms with E-state index in [0.717, 1.165) is 11.8 Å². The van der Waals surface area contributed by atoms with E-state index in [1.165, 1.54) is 14.1 Å². The zero-order valence-corrected chi connectivity index (χ0v) is 14.6. The van der Waals surface area contributed by atoms with E-state index in [1.807, 2.05) is 0 Å². The van der Waals surface area contributed by atoms with Gasteiger partial charge in [0.05, 0.1) is 5.92 Å². The minimum Gasteiger partial charge on any atom is -0.430 e. The van der Waals surface area contributed by atoms with Crippen molar-refractivity contribution in [2.45, 2.75) is 52.7 Å². The Morgan fingerprint density at radius 1 is 1.05 bits per heavy atom. The molecule has 0 aromatic heterocycles. The van der Waals surface area contributed by atoms with Crippen LogP contribution >= 0.6 is 0 Å². The van der Waals surface area contributed by atoms with Crippen LogP contribution < -0.4 is 5.32 Å². The van der Waals surface area contributed by atoms with Crippen LogP contribution in [-0.4, -0.2) is 53.7 Å². The molecule has 0 bridgehead atoms. The van der Waals surface area contributed by atoms with Gasteiger partial charge in [0.25, 0.3) is 11.8 Å². The van der Waals surface area contributed by atoms with Gasteiger partial charge in [0.1, 0.15) is 0 Å². The van der Waals surface area contributed by atoms with E-state index in [2.05, 4.69) is 5.32 Å². The van der Waals surface area contributed by atoms with Crippen molar-refractivity contribution in [2.75, 3.05) is 14.1 Å². The van der Waals surface area contributed by atoms with E-state index in [1.54, 1.807) is 34.6 Å². The fourth-order valence-corrected chi connectivity index (χ4v) is 1.58. The molecule has 7 nitrogen and oxygen atoms in total. The lowest BCUT2D eigenvalue weighted by atomic mass is 9.93. The number of likely N-dealkylation sites (N-methyl/N-ethyl adjacent to an activating group) is 1. The molecule has 0 fully saturated rings. The molecule has 1 N–H and O–H groups in total. The van der Waals surface area contributed by atoms with Gasteiger partial charge in [-0.3, -0.25) is 19.2 Å². The van der Waals surface area contributed by atoms with Crippen LogP contribution in [0.15, 0.2) is 0 Å². The molecule has 0 aliphatic carbocycles. The number of hydrogen-bond donors (Lipinski definition) is 1. The van der Waals surface area contributed by atoms with Gasteiger partial charge in [-0.2, -0.15) is 0 Å². The number of nitrogens with zero attached hydrogens (tertiary/aromatic N) is 1. The highest BCUT2D eigenvalue weighted by molar-refractivity contribution is 6.27. The topological polar surface area (TPSA) is 92.8 Å². The standard InChI is InChI=1S/C15H26N2O5/c1-9(2)11(19)22-15(10(3)18,13(21)17(7)8)12(20)16-14(4,5)6/h9H,1-8H3,(H,16,20). The second-order valence-electron chi connectivity index (χ2n) is 6.72. The van der Waals surface area contributed by atoms with Crippen LogP contribution in [-0.2, 0) is 23.9 Å². The zero-order valence-electron chi connectivity index (χ0n) is 14.6. The summed E-state index contributed by atoms with van der Waals surface area (Å²) in [7, 11) is 2.77. The average molecular weight is 314 g/mol. The lowest BCUT2D eigenvalue weighted by Crippen LogP contribution is -2.65. The molecule has 0 radical (unpaired) electrons. The first-order valence-electron chi connectivity index (χ1n) is 7.04. The molecular formula is C15H26N2O5. The van der Waals surface area contributed by atoms with Crippen LogP contribution in [0, 0.1) is 5.92 Å². The third kappa shape index (κ3) is 4.54. The van der Waals surface area contributed by atoms with E-state index in [0.29, 0.717) is 0 Å². The van der Waals surface area contributed by atoms with Crippen molar-refractivity contribution in [1.82, 2.24) is 10.2 Å². The molecule has 1 unspecified atom stereocenters. The zero-order chi connectivity index (χ0) is 17.9. The van der Waals surface area contributed by atoms with Gasteiger partial charge in [-0.15, -0.1) is 0 Å². The largest absolute Gasteiger partial charge is 0.430 e. The molecule has 126 valence electrons. The minimum absolute atomic E-state index is 0.587. The van der Waals surface area contributed by atoms with Crippen LogP contribution in [0.5, 0.6) is 0 Å². The van der Waals surface area contributed by atoms with Crippen LogP contribution in [0.25, 0.3) is 0 Å². The van der Waals surface area contributed by atoms with Gasteiger partial charge < -0.3 is 15.0 Å². The molecule has 0 aromatic carbocycles. The highest BCUT2D eigenvalue weighted by Gasteiger charge is 2.56. The first-order valence-corrected chi connectivity index (χ1v) is 7.04. The summed E-state index contributed by atoms with van der Waals surface area (Å²) in [6, 6.07) is 0. The summed E-state index contributed by atoms with van der Waals surface area (Å²) in [5.41, 5.74) is -3.20. The molecule has 0 aliphatic heterocycles. The summed E-state index contributed by atoms with van der Waals surface area (Å²) in [4.78, 5) is 50.1. The second kappa shape index (κ2) is 6.89. The fourth-order valence-electron chi connectivity index (χ4n) is 1.58. The Morgan fingerprint density at radius 2 is 1.50 bits per heavy atom. The third-order valence-corrected chi connectivity index (χ3v) is 2.74. The molecule has 0 aromatic rings. The van der Waals surface area contributed by atoms with Gasteiger partial charge in [0.15, 0.2) is 5.78 Å². The highest BCUT2D eigenvalue weighted by atomic mass is 16.6. The van der Waals surface area contributed by atoms with Gasteiger partial charge in [-0.25, -0.2) is 0 Å². The van der Waals surface area contributed by atoms with Crippen LogP contribution in [0.3, 0.4) is 0 Å². The highest BCUT2D eigenvalue weighted by Crippen LogP contribution is 2.20. The molecule has 0 saturated carbocycles. The number of hydrogen-bond acceptors (Lipinski definition) is 5. The Labute approximate surface area is 131 Å². The Hall–Kier alpha value is -1.92. The predicted octanol–water partition coefficient (Wildman–Crippen LogP) is 0.516. The fraction of sp³-hybridized carbons (Fsp3) is 0.733. The van der Waals surface area contributed by atoms with Gasteiger partial charge in [0, 0.05) is 19.6 Å². The first kappa shape index (κ1) is 20.1. The van der Waals surface area contributed by atoms with E-state index in [9.17, 15) is 19.2 Å². The van der Waals surface area contributed by atoms with Crippen molar-refractivity contribution in [3.8, 4) is 0 Å². The Bertz CT molecular complexity index is 477. The number of rotatable bonds is 5. The van der Waals surface area contributed by atoms with Crippen molar-refractivity contribution in [3.63, 3.8) is 0 Å². The van der Waals surface area contributed by atoms with Gasteiger partial charge >= 0.3 is 11.6 Å². The normalized spacial score (nSPS) is 14.0. The van der Waals surface area contributed by atoms with E-state index < -0.39 is 40.6 Å². The predicted molar refractivity (Wildman–Crippen MR) is 80.9 cm³/mol. The van der Waals surface area contributed by atoms with Crippen molar-refractivity contribution in [3.05, 3.63) is 0 Å². The summed E-state index contributed by atoms with van der Waals surface area (Å²) in [6.07, 6.45) is 0. The van der Waals surface area contributed by atoms with Crippen molar-refractivity contribution in [2.24, 2.45) is 5.92 Å². The van der Waals surface area contributed by atoms with Crippen molar-refractivity contribution in [1.29, 1.82) is 0 Å². The summed E-state index contributed by atoms with van der Waals surface area (Å²) in [5.74, 6) is -4.07. The maximum Gasteiger partial charge on any atom is 0.323 e. The molecular weight excluding hydrogens is 288 g/mol. The van der Waals surface area contributed by atoms with E-state index in [4.69, 9.17) is 4.74 Å². The minimum atomic E-state index is -2.50. The first-order chi connectivity index (χ1) is 9.75. The summed E-state index contributed by atoms with van der Waals surface area (Å²) in [6.45, 7) is 9.24. The molecule has 0 aliphatic rings. The Kier molecular flexibility index (Phi) is 6.29. The lowest BCUT2D eigenvalue weighted by molar-refractivity contribution is -0.183. The molecule has 7 heteroatoms. The van der Waals surface area contributed by atoms with Gasteiger partial charge in [-0.05, 0) is 27.7 Å². The number of ether oxygens (including phenoxy) is 1. The lowest BCUT2D eigenvalue weighted by Gasteiger charge is -2.33. The summed E-state index contributed by atoms with van der Waals surface area (Å²) < 4.78 is 5.10. The molecule has 2 amide bonds. The smallest absolute Gasteiger partial charge is 0.323 e. The molecule has 0 heterocycles.